The average molecular weight is 520 g/mol. The van der Waals surface area contributed by atoms with Crippen molar-refractivity contribution in [1.29, 1.82) is 0 Å². The Hall–Kier alpha value is -4.04. The first-order valence-corrected chi connectivity index (χ1v) is 14.0. The monoisotopic (exact) mass is 519 g/mol. The van der Waals surface area contributed by atoms with Crippen molar-refractivity contribution in [2.45, 2.75) is 56.5 Å². The largest absolute Gasteiger partial charge is 0.383 e. The van der Waals surface area contributed by atoms with Gasteiger partial charge in [0, 0.05) is 43.3 Å². The normalized spacial score (nSPS) is 19.4. The van der Waals surface area contributed by atoms with Crippen LogP contribution in [0, 0.1) is 0 Å². The second kappa shape index (κ2) is 9.61. The number of benzene rings is 1. The average Bonchev–Trinajstić information content (AvgIpc) is 3.65. The summed E-state index contributed by atoms with van der Waals surface area (Å²) in [6, 6.07) is 13.5. The molecule has 8 nitrogen and oxygen atoms in total. The summed E-state index contributed by atoms with van der Waals surface area (Å²) in [6.45, 7) is 5.18. The SMILES string of the molecule is C=CC(=O)N1CCC(NC2CCc3cc(-n4c(-c5cccnc5N)nc5cc(C6CC6)cnc54)ccc32)CC1. The number of hydrogen-bond donors (Lipinski definition) is 2. The Labute approximate surface area is 228 Å². The van der Waals surface area contributed by atoms with Crippen molar-refractivity contribution in [3.8, 4) is 17.1 Å². The minimum absolute atomic E-state index is 0.0323. The van der Waals surface area contributed by atoms with E-state index in [1.807, 2.05) is 23.2 Å². The zero-order valence-corrected chi connectivity index (χ0v) is 22.0. The van der Waals surface area contributed by atoms with Crippen molar-refractivity contribution in [1.82, 2.24) is 29.7 Å². The van der Waals surface area contributed by atoms with Gasteiger partial charge in [0.2, 0.25) is 5.91 Å². The number of nitrogens with two attached hydrogens (primary N) is 1. The van der Waals surface area contributed by atoms with E-state index < -0.39 is 0 Å². The van der Waals surface area contributed by atoms with Gasteiger partial charge in [-0.15, -0.1) is 0 Å². The molecule has 1 aliphatic heterocycles. The standard InChI is InChI=1S/C31H33N7O/c1-2-28(39)37-14-11-22(12-15-37)35-26-10-7-20-16-23(8-9-24(20)26)38-30(25-4-3-13-33-29(25)32)36-27-17-21(19-5-6-19)18-34-31(27)38/h2-4,8-9,13,16-19,22,26,35H,1,5-7,10-12,14-15H2,(H2,32,33). The van der Waals surface area contributed by atoms with Crippen LogP contribution in [0.4, 0.5) is 5.82 Å². The number of likely N-dealkylation sites (tertiary alicyclic amines) is 1. The van der Waals surface area contributed by atoms with Crippen LogP contribution in [-0.4, -0.2) is 49.5 Å². The van der Waals surface area contributed by atoms with Crippen LogP contribution in [0.15, 0.2) is 61.4 Å². The summed E-state index contributed by atoms with van der Waals surface area (Å²) in [7, 11) is 0. The molecule has 3 aliphatic rings. The number of nitrogen functional groups attached to an aromatic ring is 1. The Morgan fingerprint density at radius 2 is 1.92 bits per heavy atom. The maximum atomic E-state index is 11.9. The van der Waals surface area contributed by atoms with E-state index in [-0.39, 0.29) is 5.91 Å². The number of rotatable bonds is 6. The van der Waals surface area contributed by atoms with Gasteiger partial charge in [-0.05, 0) is 97.5 Å². The quantitative estimate of drug-likeness (QED) is 0.358. The molecule has 2 fully saturated rings. The number of carbonyl (C=O) groups is 1. The van der Waals surface area contributed by atoms with E-state index in [0.29, 0.717) is 23.8 Å². The molecular weight excluding hydrogens is 486 g/mol. The summed E-state index contributed by atoms with van der Waals surface area (Å²) in [5.41, 5.74) is 13.9. The van der Waals surface area contributed by atoms with Crippen LogP contribution in [0.5, 0.6) is 0 Å². The third-order valence-electron chi connectivity index (χ3n) is 8.53. The van der Waals surface area contributed by atoms with Gasteiger partial charge in [-0.1, -0.05) is 12.6 Å². The van der Waals surface area contributed by atoms with Gasteiger partial charge in [0.1, 0.15) is 11.3 Å². The molecule has 1 aromatic carbocycles. The summed E-state index contributed by atoms with van der Waals surface area (Å²) >= 11 is 0. The highest BCUT2D eigenvalue weighted by Crippen LogP contribution is 2.41. The van der Waals surface area contributed by atoms with Gasteiger partial charge in [0.15, 0.2) is 11.5 Å². The number of fused-ring (bicyclic) bond motifs is 2. The molecule has 3 aromatic heterocycles. The molecule has 4 aromatic rings. The molecule has 7 rings (SSSR count). The molecule has 1 atom stereocenters. The fourth-order valence-electron chi connectivity index (χ4n) is 6.25. The summed E-state index contributed by atoms with van der Waals surface area (Å²) in [4.78, 5) is 28.1. The van der Waals surface area contributed by atoms with E-state index in [2.05, 4.69) is 45.7 Å². The third-order valence-corrected chi connectivity index (χ3v) is 8.53. The van der Waals surface area contributed by atoms with Gasteiger partial charge in [-0.2, -0.15) is 0 Å². The molecule has 2 aliphatic carbocycles. The van der Waals surface area contributed by atoms with E-state index in [0.717, 1.165) is 67.0 Å². The zero-order valence-electron chi connectivity index (χ0n) is 22.0. The molecule has 3 N–H and O–H groups in total. The van der Waals surface area contributed by atoms with E-state index in [1.54, 1.807) is 6.20 Å². The Morgan fingerprint density at radius 3 is 2.69 bits per heavy atom. The highest BCUT2D eigenvalue weighted by molar-refractivity contribution is 5.87. The number of piperidine rings is 1. The van der Waals surface area contributed by atoms with Crippen molar-refractivity contribution in [3.05, 3.63) is 78.1 Å². The minimum Gasteiger partial charge on any atom is -0.383 e. The predicted molar refractivity (Wildman–Crippen MR) is 152 cm³/mol. The van der Waals surface area contributed by atoms with Crippen molar-refractivity contribution in [2.24, 2.45) is 0 Å². The van der Waals surface area contributed by atoms with Gasteiger partial charge >= 0.3 is 0 Å². The molecule has 8 heteroatoms. The van der Waals surface area contributed by atoms with Crippen LogP contribution in [0.3, 0.4) is 0 Å². The number of hydrogen-bond acceptors (Lipinski definition) is 6. The molecule has 39 heavy (non-hydrogen) atoms. The fourth-order valence-corrected chi connectivity index (χ4v) is 6.25. The maximum Gasteiger partial charge on any atom is 0.245 e. The second-order valence-corrected chi connectivity index (χ2v) is 11.0. The van der Waals surface area contributed by atoms with Gasteiger partial charge in [0.25, 0.3) is 0 Å². The molecule has 1 saturated carbocycles. The lowest BCUT2D eigenvalue weighted by Gasteiger charge is -2.33. The fraction of sp³-hybridized carbons (Fsp3) is 0.355. The number of nitrogens with zero attached hydrogens (tertiary/aromatic N) is 5. The number of carbonyl (C=O) groups excluding carboxylic acids is 1. The van der Waals surface area contributed by atoms with E-state index >= 15 is 0 Å². The molecule has 0 radical (unpaired) electrons. The lowest BCUT2D eigenvalue weighted by molar-refractivity contribution is -0.127. The van der Waals surface area contributed by atoms with Crippen LogP contribution in [0.2, 0.25) is 0 Å². The van der Waals surface area contributed by atoms with Crippen LogP contribution in [0.25, 0.3) is 28.2 Å². The summed E-state index contributed by atoms with van der Waals surface area (Å²) in [5, 5.41) is 3.88. The first kappa shape index (κ1) is 24.0. The Balaban J connectivity index is 1.20. The number of aryl methyl sites for hydroxylation is 1. The van der Waals surface area contributed by atoms with Crippen molar-refractivity contribution in [2.75, 3.05) is 18.8 Å². The smallest absolute Gasteiger partial charge is 0.245 e. The number of anilines is 1. The molecule has 1 amide bonds. The van der Waals surface area contributed by atoms with Crippen LogP contribution >= 0.6 is 0 Å². The van der Waals surface area contributed by atoms with Gasteiger partial charge < -0.3 is 16.0 Å². The number of imidazole rings is 1. The van der Waals surface area contributed by atoms with Crippen molar-refractivity contribution < 1.29 is 4.79 Å². The van der Waals surface area contributed by atoms with Crippen molar-refractivity contribution >= 4 is 22.9 Å². The molecule has 1 saturated heterocycles. The van der Waals surface area contributed by atoms with Gasteiger partial charge in [-0.25, -0.2) is 15.0 Å². The van der Waals surface area contributed by atoms with Gasteiger partial charge in [0.05, 0.1) is 5.56 Å². The van der Waals surface area contributed by atoms with Crippen LogP contribution in [-0.2, 0) is 11.2 Å². The molecule has 4 heterocycles. The lowest BCUT2D eigenvalue weighted by Crippen LogP contribution is -2.45. The number of pyridine rings is 2. The maximum absolute atomic E-state index is 11.9. The molecular formula is C31H33N7O. The number of amides is 1. The Morgan fingerprint density at radius 1 is 1.08 bits per heavy atom. The van der Waals surface area contributed by atoms with Gasteiger partial charge in [-0.3, -0.25) is 9.36 Å². The lowest BCUT2D eigenvalue weighted by atomic mass is 10.0. The van der Waals surface area contributed by atoms with Crippen molar-refractivity contribution in [3.63, 3.8) is 0 Å². The molecule has 0 bridgehead atoms. The van der Waals surface area contributed by atoms with E-state index in [4.69, 9.17) is 15.7 Å². The number of aromatic nitrogens is 4. The highest BCUT2D eigenvalue weighted by atomic mass is 16.2. The third kappa shape index (κ3) is 4.38. The predicted octanol–water partition coefficient (Wildman–Crippen LogP) is 4.70. The van der Waals surface area contributed by atoms with E-state index in [9.17, 15) is 4.79 Å². The van der Waals surface area contributed by atoms with Crippen LogP contribution in [0.1, 0.15) is 60.8 Å². The Bertz CT molecular complexity index is 1580. The zero-order chi connectivity index (χ0) is 26.5. The molecule has 1 unspecified atom stereocenters. The first-order chi connectivity index (χ1) is 19.1. The molecule has 198 valence electrons. The summed E-state index contributed by atoms with van der Waals surface area (Å²) in [5.74, 6) is 1.87. The summed E-state index contributed by atoms with van der Waals surface area (Å²) < 4.78 is 2.13. The summed E-state index contributed by atoms with van der Waals surface area (Å²) in [6.07, 6.45) is 11.6. The van der Waals surface area contributed by atoms with Crippen LogP contribution < -0.4 is 11.1 Å². The Kier molecular flexibility index (Phi) is 5.92. The second-order valence-electron chi connectivity index (χ2n) is 11.0. The minimum atomic E-state index is 0.0323. The van der Waals surface area contributed by atoms with E-state index in [1.165, 1.54) is 35.6 Å². The topological polar surface area (TPSA) is 102 Å². The highest BCUT2D eigenvalue weighted by Gasteiger charge is 2.29. The molecule has 0 spiro atoms. The number of nitrogens with one attached hydrogen (secondary N) is 1. The first-order valence-electron chi connectivity index (χ1n) is 14.0.